The fourth-order valence-corrected chi connectivity index (χ4v) is 11.3. The Morgan fingerprint density at radius 1 is 0.345 bits per heavy atom. The molecule has 84 heavy (non-hydrogen) atoms. The fraction of sp³-hybridized carbons (Fsp3) is 0.938. The first-order chi connectivity index (χ1) is 40.4. The van der Waals surface area contributed by atoms with Gasteiger partial charge in [0.2, 0.25) is 0 Å². The average Bonchev–Trinajstić information content (AvgIpc) is 3.59. The molecule has 19 heteroatoms. The maximum absolute atomic E-state index is 13.0. The van der Waals surface area contributed by atoms with Gasteiger partial charge < -0.3 is 33.8 Å². The summed E-state index contributed by atoms with van der Waals surface area (Å²) in [6.45, 7) is 9.46. The van der Waals surface area contributed by atoms with Crippen LogP contribution in [0.1, 0.15) is 324 Å². The molecule has 0 heterocycles. The Morgan fingerprint density at radius 3 is 0.905 bits per heavy atom. The molecule has 0 radical (unpaired) electrons. The Kier molecular flexibility index (Phi) is 56.2. The summed E-state index contributed by atoms with van der Waals surface area (Å²) in [5.74, 6) is -0.625. The summed E-state index contributed by atoms with van der Waals surface area (Å²) in [5.41, 5.74) is 0. The number of aliphatic hydroxyl groups is 1. The highest BCUT2D eigenvalue weighted by Gasteiger charge is 2.30. The monoisotopic (exact) mass is 1240 g/mol. The Balaban J connectivity index is 5.24. The third kappa shape index (κ3) is 57.8. The fourth-order valence-electron chi connectivity index (χ4n) is 9.68. The summed E-state index contributed by atoms with van der Waals surface area (Å²) in [6.07, 6.45) is 40.2. The van der Waals surface area contributed by atoms with E-state index in [0.717, 1.165) is 102 Å². The van der Waals surface area contributed by atoms with Crippen molar-refractivity contribution in [3.8, 4) is 0 Å². The number of phosphoric acid groups is 2. The molecule has 0 aromatic rings. The van der Waals surface area contributed by atoms with E-state index in [0.29, 0.717) is 31.6 Å². The van der Waals surface area contributed by atoms with Crippen molar-refractivity contribution in [2.45, 2.75) is 342 Å². The normalized spacial score (nSPS) is 14.6. The van der Waals surface area contributed by atoms with E-state index in [1.54, 1.807) is 0 Å². The largest absolute Gasteiger partial charge is 0.472 e. The number of rotatable bonds is 64. The minimum Gasteiger partial charge on any atom is -0.462 e. The molecule has 0 bridgehead atoms. The summed E-state index contributed by atoms with van der Waals surface area (Å²) in [5, 5.41) is 10.5. The quantitative estimate of drug-likeness (QED) is 0.0222. The number of hydrogen-bond donors (Lipinski definition) is 3. The van der Waals surface area contributed by atoms with Crippen LogP contribution in [0.25, 0.3) is 0 Å². The highest BCUT2D eigenvalue weighted by molar-refractivity contribution is 7.47. The van der Waals surface area contributed by atoms with Crippen LogP contribution in [0.3, 0.4) is 0 Å². The van der Waals surface area contributed by atoms with Crippen LogP contribution in [0.5, 0.6) is 0 Å². The molecule has 0 aliphatic carbocycles. The van der Waals surface area contributed by atoms with Crippen molar-refractivity contribution in [1.29, 1.82) is 0 Å². The minimum absolute atomic E-state index is 0.105. The molecule has 17 nitrogen and oxygen atoms in total. The number of carbonyl (C=O) groups is 4. The van der Waals surface area contributed by atoms with E-state index in [2.05, 4.69) is 41.5 Å². The summed E-state index contributed by atoms with van der Waals surface area (Å²) in [7, 11) is -9.89. The lowest BCUT2D eigenvalue weighted by Crippen LogP contribution is -2.30. The van der Waals surface area contributed by atoms with E-state index in [-0.39, 0.29) is 25.7 Å². The zero-order valence-corrected chi connectivity index (χ0v) is 56.0. The van der Waals surface area contributed by atoms with Crippen LogP contribution in [-0.2, 0) is 65.4 Å². The standard InChI is InChI=1S/C65H126O17P2/c1-7-10-12-14-16-18-23-29-35-41-47-62(67)75-53-60(81-64(69)49-43-37-30-24-19-17-15-13-11-8-2)55-79-83(71,72)77-51-59(66)52-78-84(73,74)80-56-61(54-76-63(68)48-42-36-32-26-27-33-39-45-57(4)5)82-65(70)50-44-38-31-25-21-20-22-28-34-40-46-58(6)9-3/h57-61,66H,7-56H2,1-6H3,(H,71,72)(H,73,74)/t58?,59-,60+,61+/m0/s1. The van der Waals surface area contributed by atoms with Gasteiger partial charge in [-0.15, -0.1) is 0 Å². The molecule has 0 rings (SSSR count). The third-order valence-electron chi connectivity index (χ3n) is 15.3. The SMILES string of the molecule is CCCCCCCCCCCCC(=O)OC[C@H](COP(=O)(O)OC[C@H](O)COP(=O)(O)OC[C@@H](COC(=O)CCCCCCCCCC(C)C)OC(=O)CCCCCCCCCCCCC(C)CC)OC(=O)CCCCCCCCCCCC. The molecule has 498 valence electrons. The molecule has 0 fully saturated rings. The summed E-state index contributed by atoms with van der Waals surface area (Å²) in [4.78, 5) is 72.2. The zero-order chi connectivity index (χ0) is 62.2. The predicted octanol–water partition coefficient (Wildman–Crippen LogP) is 18.0. The van der Waals surface area contributed by atoms with E-state index in [1.165, 1.54) is 135 Å². The number of aliphatic hydroxyl groups excluding tert-OH is 1. The lowest BCUT2D eigenvalue weighted by Gasteiger charge is -2.21. The highest BCUT2D eigenvalue weighted by atomic mass is 31.2. The van der Waals surface area contributed by atoms with Crippen molar-refractivity contribution < 1.29 is 80.2 Å². The van der Waals surface area contributed by atoms with Gasteiger partial charge in [0.05, 0.1) is 26.4 Å². The van der Waals surface area contributed by atoms with Gasteiger partial charge >= 0.3 is 39.5 Å². The molecule has 0 saturated heterocycles. The van der Waals surface area contributed by atoms with Crippen molar-refractivity contribution in [3.63, 3.8) is 0 Å². The second-order valence-electron chi connectivity index (χ2n) is 24.2. The van der Waals surface area contributed by atoms with E-state index in [1.807, 2.05) is 0 Å². The number of esters is 4. The molecular weight excluding hydrogens is 1110 g/mol. The van der Waals surface area contributed by atoms with Crippen molar-refractivity contribution >= 4 is 39.5 Å². The molecule has 0 aromatic carbocycles. The third-order valence-corrected chi connectivity index (χ3v) is 17.2. The van der Waals surface area contributed by atoms with Crippen molar-refractivity contribution in [2.24, 2.45) is 11.8 Å². The van der Waals surface area contributed by atoms with Crippen LogP contribution in [0.2, 0.25) is 0 Å². The van der Waals surface area contributed by atoms with Crippen LogP contribution < -0.4 is 0 Å². The number of ether oxygens (including phenoxy) is 4. The number of carbonyl (C=O) groups excluding carboxylic acids is 4. The molecule has 0 spiro atoms. The Hall–Kier alpha value is -1.94. The van der Waals surface area contributed by atoms with Gasteiger partial charge in [-0.3, -0.25) is 37.3 Å². The highest BCUT2D eigenvalue weighted by Crippen LogP contribution is 2.45. The minimum atomic E-state index is -4.95. The van der Waals surface area contributed by atoms with Gasteiger partial charge in [-0.05, 0) is 37.5 Å². The van der Waals surface area contributed by atoms with Crippen molar-refractivity contribution in [1.82, 2.24) is 0 Å². The molecule has 0 amide bonds. The summed E-state index contributed by atoms with van der Waals surface area (Å²) in [6, 6.07) is 0. The second-order valence-corrected chi connectivity index (χ2v) is 27.1. The van der Waals surface area contributed by atoms with Crippen molar-refractivity contribution in [2.75, 3.05) is 39.6 Å². The van der Waals surface area contributed by atoms with Gasteiger partial charge in [0.15, 0.2) is 12.2 Å². The molecule has 0 aliphatic heterocycles. The van der Waals surface area contributed by atoms with Gasteiger partial charge in [-0.1, -0.05) is 273 Å². The van der Waals surface area contributed by atoms with Gasteiger partial charge in [0.1, 0.15) is 19.3 Å². The zero-order valence-electron chi connectivity index (χ0n) is 54.2. The number of hydrogen-bond acceptors (Lipinski definition) is 15. The molecule has 0 aliphatic rings. The smallest absolute Gasteiger partial charge is 0.462 e. The van der Waals surface area contributed by atoms with E-state index < -0.39 is 97.5 Å². The van der Waals surface area contributed by atoms with Crippen LogP contribution >= 0.6 is 15.6 Å². The first-order valence-electron chi connectivity index (χ1n) is 34.0. The molecule has 6 atom stereocenters. The summed E-state index contributed by atoms with van der Waals surface area (Å²) >= 11 is 0. The van der Waals surface area contributed by atoms with Gasteiger partial charge in [-0.25, -0.2) is 9.13 Å². The van der Waals surface area contributed by atoms with Crippen LogP contribution in [0.4, 0.5) is 0 Å². The Morgan fingerprint density at radius 2 is 0.607 bits per heavy atom. The molecule has 0 saturated carbocycles. The lowest BCUT2D eigenvalue weighted by molar-refractivity contribution is -0.161. The van der Waals surface area contributed by atoms with Gasteiger partial charge in [0.25, 0.3) is 0 Å². The molecule has 3 N–H and O–H groups in total. The van der Waals surface area contributed by atoms with Gasteiger partial charge in [-0.2, -0.15) is 0 Å². The van der Waals surface area contributed by atoms with Crippen LogP contribution in [0, 0.1) is 11.8 Å². The second kappa shape index (κ2) is 57.5. The average molecular weight is 1240 g/mol. The molecule has 0 aromatic heterocycles. The Bertz CT molecular complexity index is 1650. The lowest BCUT2D eigenvalue weighted by atomic mass is 9.99. The number of phosphoric ester groups is 2. The predicted molar refractivity (Wildman–Crippen MR) is 335 cm³/mol. The Labute approximate surface area is 511 Å². The van der Waals surface area contributed by atoms with Gasteiger partial charge in [0, 0.05) is 25.7 Å². The van der Waals surface area contributed by atoms with Crippen molar-refractivity contribution in [3.05, 3.63) is 0 Å². The molecular formula is C65H126O17P2. The number of unbranched alkanes of at least 4 members (excludes halogenated alkanes) is 33. The topological polar surface area (TPSA) is 237 Å². The maximum Gasteiger partial charge on any atom is 0.472 e. The molecule has 3 unspecified atom stereocenters. The van der Waals surface area contributed by atoms with E-state index in [9.17, 15) is 43.2 Å². The first kappa shape index (κ1) is 82.1. The summed E-state index contributed by atoms with van der Waals surface area (Å²) < 4.78 is 68.0. The first-order valence-corrected chi connectivity index (χ1v) is 37.0. The van der Waals surface area contributed by atoms with E-state index >= 15 is 0 Å². The maximum atomic E-state index is 13.0. The van der Waals surface area contributed by atoms with Crippen LogP contribution in [0.15, 0.2) is 0 Å². The van der Waals surface area contributed by atoms with E-state index in [4.69, 9.17) is 37.0 Å². The van der Waals surface area contributed by atoms with Crippen LogP contribution in [-0.4, -0.2) is 96.7 Å².